The number of carbonyl (C=O) groups is 1. The summed E-state index contributed by atoms with van der Waals surface area (Å²) in [4.78, 5) is 26.5. The van der Waals surface area contributed by atoms with Gasteiger partial charge in [0, 0.05) is 10.5 Å². The molecule has 0 bridgehead atoms. The first kappa shape index (κ1) is 16.4. The van der Waals surface area contributed by atoms with Crippen molar-refractivity contribution < 1.29 is 14.5 Å². The fourth-order valence-corrected chi connectivity index (χ4v) is 2.72. The summed E-state index contributed by atoms with van der Waals surface area (Å²) < 4.78 is 5.90. The van der Waals surface area contributed by atoms with Gasteiger partial charge in [0.15, 0.2) is 5.70 Å². The summed E-state index contributed by atoms with van der Waals surface area (Å²) in [6.45, 7) is 0. The predicted octanol–water partition coefficient (Wildman–Crippen LogP) is 4.36. The lowest BCUT2D eigenvalue weighted by Gasteiger charge is -2.01. The number of nitro groups is 1. The molecule has 2 aromatic rings. The van der Waals surface area contributed by atoms with Gasteiger partial charge in [-0.25, -0.2) is 9.79 Å². The number of hydrogen-bond donors (Lipinski definition) is 0. The molecule has 0 aliphatic carbocycles. The van der Waals surface area contributed by atoms with E-state index in [0.717, 1.165) is 4.47 Å². The normalized spacial score (nSPS) is 15.3. The summed E-state index contributed by atoms with van der Waals surface area (Å²) in [6, 6.07) is 11.4. The first-order valence-electron chi connectivity index (χ1n) is 6.67. The Morgan fingerprint density at radius 1 is 1.25 bits per heavy atom. The van der Waals surface area contributed by atoms with E-state index in [1.807, 2.05) is 6.07 Å². The Bertz CT molecular complexity index is 924. The molecule has 24 heavy (non-hydrogen) atoms. The van der Waals surface area contributed by atoms with E-state index >= 15 is 0 Å². The smallest absolute Gasteiger partial charge is 0.363 e. The fraction of sp³-hybridized carbons (Fsp3) is 0. The molecule has 3 rings (SSSR count). The molecular formula is C16H8BrClN2O4. The summed E-state index contributed by atoms with van der Waals surface area (Å²) in [6.07, 6.45) is 1.41. The molecule has 120 valence electrons. The van der Waals surface area contributed by atoms with Crippen molar-refractivity contribution in [3.63, 3.8) is 0 Å². The van der Waals surface area contributed by atoms with Crippen LogP contribution in [0.3, 0.4) is 0 Å². The summed E-state index contributed by atoms with van der Waals surface area (Å²) in [5.41, 5.74) is 0.872. The maximum Gasteiger partial charge on any atom is 0.363 e. The number of carbonyl (C=O) groups excluding carboxylic acids is 1. The van der Waals surface area contributed by atoms with Crippen LogP contribution in [0.4, 0.5) is 5.69 Å². The zero-order chi connectivity index (χ0) is 17.3. The van der Waals surface area contributed by atoms with Crippen LogP contribution >= 0.6 is 27.5 Å². The molecule has 1 heterocycles. The van der Waals surface area contributed by atoms with Gasteiger partial charge in [-0.05, 0) is 45.8 Å². The van der Waals surface area contributed by atoms with Crippen LogP contribution in [0.25, 0.3) is 6.08 Å². The van der Waals surface area contributed by atoms with E-state index in [1.165, 1.54) is 18.2 Å². The van der Waals surface area contributed by atoms with Crippen LogP contribution < -0.4 is 0 Å². The van der Waals surface area contributed by atoms with Gasteiger partial charge in [-0.1, -0.05) is 29.8 Å². The highest BCUT2D eigenvalue weighted by Gasteiger charge is 2.25. The van der Waals surface area contributed by atoms with Gasteiger partial charge in [0.05, 0.1) is 10.5 Å². The molecule has 2 aromatic carbocycles. The monoisotopic (exact) mass is 406 g/mol. The van der Waals surface area contributed by atoms with Crippen molar-refractivity contribution in [2.45, 2.75) is 0 Å². The number of benzene rings is 2. The summed E-state index contributed by atoms with van der Waals surface area (Å²) in [7, 11) is 0. The molecule has 6 nitrogen and oxygen atoms in total. The molecule has 0 saturated carbocycles. The first-order chi connectivity index (χ1) is 11.5. The maximum absolute atomic E-state index is 12.0. The lowest BCUT2D eigenvalue weighted by Crippen LogP contribution is -2.05. The minimum atomic E-state index is -0.627. The van der Waals surface area contributed by atoms with E-state index in [-0.39, 0.29) is 22.3 Å². The van der Waals surface area contributed by atoms with E-state index in [1.54, 1.807) is 24.3 Å². The van der Waals surface area contributed by atoms with Crippen LogP contribution in [0, 0.1) is 10.1 Å². The van der Waals surface area contributed by atoms with Crippen molar-refractivity contribution in [2.75, 3.05) is 0 Å². The van der Waals surface area contributed by atoms with Gasteiger partial charge in [-0.2, -0.15) is 0 Å². The molecule has 1 aliphatic rings. The number of hydrogen-bond acceptors (Lipinski definition) is 5. The topological polar surface area (TPSA) is 81.8 Å². The van der Waals surface area contributed by atoms with Crippen molar-refractivity contribution in [1.82, 2.24) is 0 Å². The predicted molar refractivity (Wildman–Crippen MR) is 92.9 cm³/mol. The SMILES string of the molecule is O=C1OC(c2ccccc2Br)=NC1=Cc1ccc(Cl)c([N+](=O)[O-])c1. The molecule has 0 atom stereocenters. The van der Waals surface area contributed by atoms with Crippen LogP contribution in [-0.4, -0.2) is 16.8 Å². The Morgan fingerprint density at radius 2 is 2.00 bits per heavy atom. The van der Waals surface area contributed by atoms with Crippen molar-refractivity contribution in [2.24, 2.45) is 4.99 Å². The highest BCUT2D eigenvalue weighted by atomic mass is 79.9. The number of aliphatic imine (C=N–C) groups is 1. The van der Waals surface area contributed by atoms with Gasteiger partial charge in [-0.3, -0.25) is 10.1 Å². The Hall–Kier alpha value is -2.51. The minimum Gasteiger partial charge on any atom is -0.402 e. The van der Waals surface area contributed by atoms with Crippen LogP contribution in [0.1, 0.15) is 11.1 Å². The Morgan fingerprint density at radius 3 is 2.71 bits per heavy atom. The van der Waals surface area contributed by atoms with Gasteiger partial charge in [-0.15, -0.1) is 0 Å². The number of rotatable bonds is 3. The second-order valence-corrected chi connectivity index (χ2v) is 6.05. The van der Waals surface area contributed by atoms with Gasteiger partial charge >= 0.3 is 5.97 Å². The molecule has 0 fully saturated rings. The number of ether oxygens (including phenoxy) is 1. The second-order valence-electron chi connectivity index (χ2n) is 4.78. The molecule has 8 heteroatoms. The maximum atomic E-state index is 12.0. The van der Waals surface area contributed by atoms with Crippen LogP contribution in [0.15, 0.2) is 57.6 Å². The van der Waals surface area contributed by atoms with Crippen molar-refractivity contribution in [3.05, 3.63) is 78.9 Å². The second kappa shape index (κ2) is 6.54. The minimum absolute atomic E-state index is 0.0218. The van der Waals surface area contributed by atoms with Gasteiger partial charge in [0.25, 0.3) is 5.69 Å². The van der Waals surface area contributed by atoms with Crippen LogP contribution in [-0.2, 0) is 9.53 Å². The number of nitro benzene ring substituents is 1. The van der Waals surface area contributed by atoms with E-state index in [9.17, 15) is 14.9 Å². The van der Waals surface area contributed by atoms with Crippen molar-refractivity contribution in [3.8, 4) is 0 Å². The Balaban J connectivity index is 1.99. The third-order valence-electron chi connectivity index (χ3n) is 3.20. The zero-order valence-corrected chi connectivity index (χ0v) is 14.2. The quantitative estimate of drug-likeness (QED) is 0.328. The van der Waals surface area contributed by atoms with E-state index in [0.29, 0.717) is 11.1 Å². The molecular weight excluding hydrogens is 400 g/mol. The molecule has 0 radical (unpaired) electrons. The average Bonchev–Trinajstić information content (AvgIpc) is 2.90. The zero-order valence-electron chi connectivity index (χ0n) is 11.9. The summed E-state index contributed by atoms with van der Waals surface area (Å²) in [5, 5.41) is 10.9. The van der Waals surface area contributed by atoms with Crippen molar-refractivity contribution >= 4 is 51.2 Å². The molecule has 0 unspecified atom stereocenters. The Labute approximate surface area is 149 Å². The number of halogens is 2. The highest BCUT2D eigenvalue weighted by Crippen LogP contribution is 2.28. The lowest BCUT2D eigenvalue weighted by molar-refractivity contribution is -0.384. The molecule has 0 N–H and O–H groups in total. The molecule has 0 spiro atoms. The van der Waals surface area contributed by atoms with E-state index in [2.05, 4.69) is 20.9 Å². The number of cyclic esters (lactones) is 1. The molecule has 0 saturated heterocycles. The number of esters is 1. The van der Waals surface area contributed by atoms with E-state index in [4.69, 9.17) is 16.3 Å². The largest absolute Gasteiger partial charge is 0.402 e. The summed E-state index contributed by atoms with van der Waals surface area (Å²) in [5.74, 6) is -0.458. The summed E-state index contributed by atoms with van der Waals surface area (Å²) >= 11 is 9.14. The fourth-order valence-electron chi connectivity index (χ4n) is 2.08. The van der Waals surface area contributed by atoms with Crippen LogP contribution in [0.5, 0.6) is 0 Å². The third kappa shape index (κ3) is 3.22. The van der Waals surface area contributed by atoms with Gasteiger partial charge < -0.3 is 4.74 Å². The van der Waals surface area contributed by atoms with E-state index < -0.39 is 10.9 Å². The standard InChI is InChI=1S/C16H8BrClN2O4/c17-11-4-2-1-3-10(11)15-19-13(16(21)24-15)7-9-5-6-12(18)14(8-9)20(22)23/h1-8H. The lowest BCUT2D eigenvalue weighted by atomic mass is 10.1. The van der Waals surface area contributed by atoms with Crippen molar-refractivity contribution in [1.29, 1.82) is 0 Å². The Kier molecular flexibility index (Phi) is 4.46. The van der Waals surface area contributed by atoms with Gasteiger partial charge in [0.2, 0.25) is 5.90 Å². The van der Waals surface area contributed by atoms with Gasteiger partial charge in [0.1, 0.15) is 5.02 Å². The molecule has 0 amide bonds. The average molecular weight is 408 g/mol. The van der Waals surface area contributed by atoms with Crippen LogP contribution in [0.2, 0.25) is 5.02 Å². The first-order valence-corrected chi connectivity index (χ1v) is 7.84. The highest BCUT2D eigenvalue weighted by molar-refractivity contribution is 9.10. The third-order valence-corrected chi connectivity index (χ3v) is 4.21. The number of nitrogens with zero attached hydrogens (tertiary/aromatic N) is 2. The molecule has 0 aromatic heterocycles. The molecule has 1 aliphatic heterocycles.